The standard InChI is InChI=1S/C15H21NO3/c17-14-10-6-2-5-9-13(14)16-15(18)19-11-12-7-3-1-4-8-12/h1,3-4,7-8,13-14,17H,2,5-6,9-11H2,(H,16,18). The maximum Gasteiger partial charge on any atom is 0.407 e. The lowest BCUT2D eigenvalue weighted by Crippen LogP contribution is -2.42. The number of hydrogen-bond donors (Lipinski definition) is 2. The molecule has 19 heavy (non-hydrogen) atoms. The zero-order chi connectivity index (χ0) is 13.5. The van der Waals surface area contributed by atoms with E-state index in [9.17, 15) is 9.90 Å². The van der Waals surface area contributed by atoms with E-state index in [0.717, 1.165) is 37.7 Å². The summed E-state index contributed by atoms with van der Waals surface area (Å²) in [6.07, 6.45) is 3.86. The van der Waals surface area contributed by atoms with Crippen LogP contribution in [0.25, 0.3) is 0 Å². The normalized spacial score (nSPS) is 23.4. The average Bonchev–Trinajstić information content (AvgIpc) is 2.63. The lowest BCUT2D eigenvalue weighted by atomic mass is 10.1. The molecule has 1 aliphatic carbocycles. The number of carbonyl (C=O) groups is 1. The first-order chi connectivity index (χ1) is 9.25. The summed E-state index contributed by atoms with van der Waals surface area (Å²) >= 11 is 0. The van der Waals surface area contributed by atoms with Crippen LogP contribution in [0.2, 0.25) is 0 Å². The predicted octanol–water partition coefficient (Wildman–Crippen LogP) is 2.61. The van der Waals surface area contributed by atoms with Gasteiger partial charge in [0.2, 0.25) is 0 Å². The summed E-state index contributed by atoms with van der Waals surface area (Å²) in [5, 5.41) is 12.7. The summed E-state index contributed by atoms with van der Waals surface area (Å²) < 4.78 is 5.16. The van der Waals surface area contributed by atoms with Crippen LogP contribution < -0.4 is 5.32 Å². The van der Waals surface area contributed by atoms with Gasteiger partial charge in [-0.15, -0.1) is 0 Å². The topological polar surface area (TPSA) is 58.6 Å². The van der Waals surface area contributed by atoms with E-state index in [1.54, 1.807) is 0 Å². The molecule has 0 heterocycles. The minimum Gasteiger partial charge on any atom is -0.445 e. The lowest BCUT2D eigenvalue weighted by molar-refractivity contribution is 0.0977. The molecule has 0 spiro atoms. The minimum absolute atomic E-state index is 0.175. The molecular weight excluding hydrogens is 242 g/mol. The summed E-state index contributed by atoms with van der Waals surface area (Å²) in [6.45, 7) is 0.259. The van der Waals surface area contributed by atoms with Crippen molar-refractivity contribution in [1.82, 2.24) is 5.32 Å². The van der Waals surface area contributed by atoms with Gasteiger partial charge in [-0.3, -0.25) is 0 Å². The molecule has 1 aliphatic rings. The van der Waals surface area contributed by atoms with Crippen molar-refractivity contribution in [3.8, 4) is 0 Å². The van der Waals surface area contributed by atoms with E-state index in [4.69, 9.17) is 4.74 Å². The second kappa shape index (κ2) is 7.14. The fourth-order valence-corrected chi connectivity index (χ4v) is 2.37. The fraction of sp³-hybridized carbons (Fsp3) is 0.533. The first-order valence-corrected chi connectivity index (χ1v) is 6.91. The van der Waals surface area contributed by atoms with Crippen LogP contribution in [0.5, 0.6) is 0 Å². The van der Waals surface area contributed by atoms with E-state index < -0.39 is 12.2 Å². The highest BCUT2D eigenvalue weighted by atomic mass is 16.5. The van der Waals surface area contributed by atoms with Crippen molar-refractivity contribution < 1.29 is 14.6 Å². The number of benzene rings is 1. The molecule has 0 radical (unpaired) electrons. The van der Waals surface area contributed by atoms with Gasteiger partial charge in [0, 0.05) is 0 Å². The van der Waals surface area contributed by atoms with Gasteiger partial charge in [0.25, 0.3) is 0 Å². The second-order valence-corrected chi connectivity index (χ2v) is 5.02. The third-order valence-electron chi connectivity index (χ3n) is 3.50. The fourth-order valence-electron chi connectivity index (χ4n) is 2.37. The Hall–Kier alpha value is -1.55. The monoisotopic (exact) mass is 263 g/mol. The van der Waals surface area contributed by atoms with Crippen molar-refractivity contribution in [2.75, 3.05) is 0 Å². The Kier molecular flexibility index (Phi) is 5.21. The molecule has 1 aromatic rings. The van der Waals surface area contributed by atoms with Crippen LogP contribution in [0.15, 0.2) is 30.3 Å². The molecule has 0 bridgehead atoms. The number of aliphatic hydroxyl groups excluding tert-OH is 1. The molecule has 1 fully saturated rings. The Bertz CT molecular complexity index is 394. The van der Waals surface area contributed by atoms with Gasteiger partial charge >= 0.3 is 6.09 Å². The predicted molar refractivity (Wildman–Crippen MR) is 72.6 cm³/mol. The molecule has 2 unspecified atom stereocenters. The Morgan fingerprint density at radius 1 is 1.21 bits per heavy atom. The number of rotatable bonds is 3. The Morgan fingerprint density at radius 3 is 2.74 bits per heavy atom. The molecule has 104 valence electrons. The van der Waals surface area contributed by atoms with E-state index in [-0.39, 0.29) is 12.6 Å². The number of ether oxygens (including phenoxy) is 1. The molecule has 2 rings (SSSR count). The Balaban J connectivity index is 1.77. The molecule has 1 aromatic carbocycles. The highest BCUT2D eigenvalue weighted by Gasteiger charge is 2.23. The van der Waals surface area contributed by atoms with E-state index in [0.29, 0.717) is 0 Å². The molecule has 2 atom stereocenters. The van der Waals surface area contributed by atoms with Crippen LogP contribution in [-0.4, -0.2) is 23.3 Å². The molecule has 0 saturated heterocycles. The highest BCUT2D eigenvalue weighted by Crippen LogP contribution is 2.18. The molecule has 4 nitrogen and oxygen atoms in total. The summed E-state index contributed by atoms with van der Waals surface area (Å²) in [5.41, 5.74) is 0.957. The first-order valence-electron chi connectivity index (χ1n) is 6.91. The van der Waals surface area contributed by atoms with Crippen LogP contribution in [0.3, 0.4) is 0 Å². The molecule has 0 aromatic heterocycles. The van der Waals surface area contributed by atoms with Crippen molar-refractivity contribution >= 4 is 6.09 Å². The first kappa shape index (κ1) is 13.9. The van der Waals surface area contributed by atoms with Gasteiger partial charge in [-0.2, -0.15) is 0 Å². The third-order valence-corrected chi connectivity index (χ3v) is 3.50. The Morgan fingerprint density at radius 2 is 1.95 bits per heavy atom. The van der Waals surface area contributed by atoms with Crippen LogP contribution in [0.4, 0.5) is 4.79 Å². The zero-order valence-corrected chi connectivity index (χ0v) is 11.0. The average molecular weight is 263 g/mol. The summed E-state index contributed by atoms with van der Waals surface area (Å²) in [4.78, 5) is 11.7. The van der Waals surface area contributed by atoms with Crippen molar-refractivity contribution in [1.29, 1.82) is 0 Å². The van der Waals surface area contributed by atoms with Crippen molar-refractivity contribution in [3.63, 3.8) is 0 Å². The number of carbonyl (C=O) groups excluding carboxylic acids is 1. The summed E-state index contributed by atoms with van der Waals surface area (Å²) in [5.74, 6) is 0. The lowest BCUT2D eigenvalue weighted by Gasteiger charge is -2.21. The minimum atomic E-state index is -0.452. The SMILES string of the molecule is O=C(NC1CCCCCC1O)OCc1ccccc1. The van der Waals surface area contributed by atoms with Crippen molar-refractivity contribution in [2.45, 2.75) is 50.9 Å². The van der Waals surface area contributed by atoms with E-state index in [1.165, 1.54) is 0 Å². The number of aliphatic hydroxyl groups is 1. The van der Waals surface area contributed by atoms with Gasteiger partial charge < -0.3 is 15.2 Å². The van der Waals surface area contributed by atoms with Crippen molar-refractivity contribution in [2.24, 2.45) is 0 Å². The molecule has 1 amide bonds. The third kappa shape index (κ3) is 4.56. The zero-order valence-electron chi connectivity index (χ0n) is 11.0. The van der Waals surface area contributed by atoms with Gasteiger partial charge in [-0.25, -0.2) is 4.79 Å². The van der Waals surface area contributed by atoms with Gasteiger partial charge in [-0.1, -0.05) is 49.6 Å². The van der Waals surface area contributed by atoms with Crippen molar-refractivity contribution in [3.05, 3.63) is 35.9 Å². The number of alkyl carbamates (subject to hydrolysis) is 1. The Labute approximate surface area is 113 Å². The van der Waals surface area contributed by atoms with E-state index >= 15 is 0 Å². The quantitative estimate of drug-likeness (QED) is 0.824. The molecular formula is C15H21NO3. The maximum absolute atomic E-state index is 11.7. The van der Waals surface area contributed by atoms with Crippen LogP contribution in [-0.2, 0) is 11.3 Å². The summed E-state index contributed by atoms with van der Waals surface area (Å²) in [6, 6.07) is 9.38. The van der Waals surface area contributed by atoms with E-state index in [2.05, 4.69) is 5.32 Å². The molecule has 0 aliphatic heterocycles. The van der Waals surface area contributed by atoms with Gasteiger partial charge in [-0.05, 0) is 18.4 Å². The van der Waals surface area contributed by atoms with E-state index in [1.807, 2.05) is 30.3 Å². The van der Waals surface area contributed by atoms with Crippen LogP contribution in [0, 0.1) is 0 Å². The number of amides is 1. The van der Waals surface area contributed by atoms with Crippen LogP contribution >= 0.6 is 0 Å². The van der Waals surface area contributed by atoms with Gasteiger partial charge in [0.15, 0.2) is 0 Å². The molecule has 1 saturated carbocycles. The largest absolute Gasteiger partial charge is 0.445 e. The van der Waals surface area contributed by atoms with Gasteiger partial charge in [0.05, 0.1) is 12.1 Å². The molecule has 4 heteroatoms. The van der Waals surface area contributed by atoms with Gasteiger partial charge in [0.1, 0.15) is 6.61 Å². The second-order valence-electron chi connectivity index (χ2n) is 5.02. The number of nitrogens with one attached hydrogen (secondary N) is 1. The maximum atomic E-state index is 11.7. The molecule has 2 N–H and O–H groups in total. The smallest absolute Gasteiger partial charge is 0.407 e. The number of hydrogen-bond acceptors (Lipinski definition) is 3. The summed E-state index contributed by atoms with van der Waals surface area (Å²) in [7, 11) is 0. The highest BCUT2D eigenvalue weighted by molar-refractivity contribution is 5.67. The van der Waals surface area contributed by atoms with Crippen LogP contribution in [0.1, 0.15) is 37.7 Å².